The molecule has 0 radical (unpaired) electrons. The highest BCUT2D eigenvalue weighted by Crippen LogP contribution is 2.24. The van der Waals surface area contributed by atoms with E-state index in [1.165, 1.54) is 4.57 Å². The predicted molar refractivity (Wildman–Crippen MR) is 85.9 cm³/mol. The van der Waals surface area contributed by atoms with Crippen LogP contribution in [0, 0.1) is 0 Å². The maximum Gasteiger partial charge on any atom is 0.421 e. The Hall–Kier alpha value is -3.35. The number of rotatable bonds is 4. The zero-order valence-corrected chi connectivity index (χ0v) is 12.8. The van der Waals surface area contributed by atoms with Gasteiger partial charge in [0.15, 0.2) is 17.0 Å². The van der Waals surface area contributed by atoms with Gasteiger partial charge in [0.25, 0.3) is 0 Å². The lowest BCUT2D eigenvalue weighted by Gasteiger charge is -2.01. The smallest absolute Gasteiger partial charge is 0.421 e. The zero-order chi connectivity index (χ0) is 16.5. The Bertz CT molecular complexity index is 1060. The second-order valence-electron chi connectivity index (χ2n) is 5.13. The maximum atomic E-state index is 12.0. The van der Waals surface area contributed by atoms with Gasteiger partial charge >= 0.3 is 5.76 Å². The molecular weight excluding hydrogens is 310 g/mol. The average molecular weight is 323 g/mol. The first-order chi connectivity index (χ1) is 11.7. The van der Waals surface area contributed by atoms with Crippen molar-refractivity contribution in [2.24, 2.45) is 0 Å². The third-order valence-electron chi connectivity index (χ3n) is 3.63. The molecule has 0 aliphatic carbocycles. The van der Waals surface area contributed by atoms with Crippen LogP contribution >= 0.6 is 0 Å². The SMILES string of the molecule is COc1cccc(-c2cnc(Cn3c(=O)oc4cccnc43)o2)c1. The van der Waals surface area contributed by atoms with Gasteiger partial charge in [0.05, 0.1) is 13.3 Å². The molecule has 0 saturated heterocycles. The highest BCUT2D eigenvalue weighted by Gasteiger charge is 2.14. The number of fused-ring (bicyclic) bond motifs is 1. The topological polar surface area (TPSA) is 83.3 Å². The summed E-state index contributed by atoms with van der Waals surface area (Å²) in [4.78, 5) is 20.4. The number of pyridine rings is 1. The number of methoxy groups -OCH3 is 1. The molecule has 3 heterocycles. The summed E-state index contributed by atoms with van der Waals surface area (Å²) < 4.78 is 17.5. The van der Waals surface area contributed by atoms with Gasteiger partial charge < -0.3 is 13.6 Å². The quantitative estimate of drug-likeness (QED) is 0.574. The molecule has 120 valence electrons. The van der Waals surface area contributed by atoms with Gasteiger partial charge in [-0.05, 0) is 24.3 Å². The molecule has 3 aromatic heterocycles. The highest BCUT2D eigenvalue weighted by atomic mass is 16.5. The second kappa shape index (κ2) is 5.69. The minimum absolute atomic E-state index is 0.146. The lowest BCUT2D eigenvalue weighted by atomic mass is 10.2. The van der Waals surface area contributed by atoms with E-state index >= 15 is 0 Å². The molecule has 7 heteroatoms. The van der Waals surface area contributed by atoms with Crippen LogP contribution in [0.2, 0.25) is 0 Å². The van der Waals surface area contributed by atoms with Gasteiger partial charge in [-0.25, -0.2) is 19.3 Å². The third-order valence-corrected chi connectivity index (χ3v) is 3.63. The summed E-state index contributed by atoms with van der Waals surface area (Å²) in [5.74, 6) is 1.22. The first-order valence-electron chi connectivity index (χ1n) is 7.28. The van der Waals surface area contributed by atoms with Crippen molar-refractivity contribution in [3.63, 3.8) is 0 Å². The summed E-state index contributed by atoms with van der Waals surface area (Å²) in [5.41, 5.74) is 1.74. The number of ether oxygens (including phenoxy) is 1. The van der Waals surface area contributed by atoms with Gasteiger partial charge in [-0.15, -0.1) is 0 Å². The molecule has 0 N–H and O–H groups in total. The van der Waals surface area contributed by atoms with Crippen LogP contribution < -0.4 is 10.5 Å². The Morgan fingerprint density at radius 1 is 1.17 bits per heavy atom. The van der Waals surface area contributed by atoms with Crippen molar-refractivity contribution >= 4 is 11.2 Å². The molecule has 0 fully saturated rings. The Morgan fingerprint density at radius 2 is 2.08 bits per heavy atom. The number of oxazole rings is 2. The molecule has 0 amide bonds. The van der Waals surface area contributed by atoms with Crippen LogP contribution in [-0.4, -0.2) is 21.6 Å². The van der Waals surface area contributed by atoms with Crippen LogP contribution in [0.5, 0.6) is 5.75 Å². The van der Waals surface area contributed by atoms with Crippen molar-refractivity contribution in [3.8, 4) is 17.1 Å². The fourth-order valence-corrected chi connectivity index (χ4v) is 2.47. The van der Waals surface area contributed by atoms with E-state index in [4.69, 9.17) is 13.6 Å². The van der Waals surface area contributed by atoms with Crippen LogP contribution in [0.15, 0.2) is 62.4 Å². The monoisotopic (exact) mass is 323 g/mol. The first-order valence-corrected chi connectivity index (χ1v) is 7.28. The molecule has 24 heavy (non-hydrogen) atoms. The molecule has 7 nitrogen and oxygen atoms in total. The van der Waals surface area contributed by atoms with Crippen molar-refractivity contribution in [2.45, 2.75) is 6.54 Å². The van der Waals surface area contributed by atoms with Crippen molar-refractivity contribution in [3.05, 3.63) is 65.2 Å². The van der Waals surface area contributed by atoms with Crippen LogP contribution in [0.25, 0.3) is 22.6 Å². The zero-order valence-electron chi connectivity index (χ0n) is 12.8. The van der Waals surface area contributed by atoms with Crippen LogP contribution in [-0.2, 0) is 6.54 Å². The summed E-state index contributed by atoms with van der Waals surface area (Å²) in [6.45, 7) is 0.146. The third kappa shape index (κ3) is 2.45. The standard InChI is InChI=1S/C17H13N3O4/c1-22-12-5-2-4-11(8-12)14-9-19-15(23-14)10-20-16-13(24-17(20)21)6-3-7-18-16/h2-9H,10H2,1H3. The molecule has 1 aromatic carbocycles. The van der Waals surface area contributed by atoms with Gasteiger partial charge in [0.2, 0.25) is 5.89 Å². The highest BCUT2D eigenvalue weighted by molar-refractivity contribution is 5.67. The van der Waals surface area contributed by atoms with Gasteiger partial charge in [-0.2, -0.15) is 0 Å². The van der Waals surface area contributed by atoms with Gasteiger partial charge in [-0.3, -0.25) is 0 Å². The van der Waals surface area contributed by atoms with E-state index in [0.717, 1.165) is 11.3 Å². The molecule has 0 aliphatic rings. The van der Waals surface area contributed by atoms with Crippen molar-refractivity contribution in [2.75, 3.05) is 7.11 Å². The number of benzene rings is 1. The molecule has 4 aromatic rings. The first kappa shape index (κ1) is 14.3. The lowest BCUT2D eigenvalue weighted by molar-refractivity contribution is 0.414. The Balaban J connectivity index is 1.67. The van der Waals surface area contributed by atoms with Gasteiger partial charge in [0.1, 0.15) is 12.3 Å². The van der Waals surface area contributed by atoms with E-state index in [1.54, 1.807) is 31.6 Å². The van der Waals surface area contributed by atoms with Gasteiger partial charge in [0, 0.05) is 11.8 Å². The molecule has 0 aliphatic heterocycles. The number of nitrogens with zero attached hydrogens (tertiary/aromatic N) is 3. The fraction of sp³-hybridized carbons (Fsp3) is 0.118. The van der Waals surface area contributed by atoms with Crippen molar-refractivity contribution < 1.29 is 13.6 Å². The normalized spacial score (nSPS) is 11.0. The predicted octanol–water partition coefficient (Wildman–Crippen LogP) is 2.70. The van der Waals surface area contributed by atoms with E-state index in [0.29, 0.717) is 22.9 Å². The molecule has 0 unspecified atom stereocenters. The Morgan fingerprint density at radius 3 is 2.96 bits per heavy atom. The largest absolute Gasteiger partial charge is 0.497 e. The Kier molecular flexibility index (Phi) is 3.38. The molecule has 0 saturated carbocycles. The molecule has 0 bridgehead atoms. The summed E-state index contributed by atoms with van der Waals surface area (Å²) in [7, 11) is 1.61. The fourth-order valence-electron chi connectivity index (χ4n) is 2.47. The van der Waals surface area contributed by atoms with Gasteiger partial charge in [-0.1, -0.05) is 12.1 Å². The van der Waals surface area contributed by atoms with E-state index in [9.17, 15) is 4.79 Å². The summed E-state index contributed by atoms with van der Waals surface area (Å²) >= 11 is 0. The lowest BCUT2D eigenvalue weighted by Crippen LogP contribution is -2.15. The average Bonchev–Trinajstić information content (AvgIpc) is 3.20. The second-order valence-corrected chi connectivity index (χ2v) is 5.13. The molecule has 0 atom stereocenters. The number of aromatic nitrogens is 3. The number of hydrogen-bond donors (Lipinski definition) is 0. The van der Waals surface area contributed by atoms with E-state index < -0.39 is 5.76 Å². The molecular formula is C17H13N3O4. The summed E-state index contributed by atoms with van der Waals surface area (Å²) in [5, 5.41) is 0. The molecule has 4 rings (SSSR count). The Labute approximate surface area is 136 Å². The minimum atomic E-state index is -0.496. The van der Waals surface area contributed by atoms with Crippen LogP contribution in [0.1, 0.15) is 5.89 Å². The van der Waals surface area contributed by atoms with E-state index in [1.807, 2.05) is 24.3 Å². The van der Waals surface area contributed by atoms with E-state index in [-0.39, 0.29) is 6.54 Å². The maximum absolute atomic E-state index is 12.0. The van der Waals surface area contributed by atoms with Crippen LogP contribution in [0.4, 0.5) is 0 Å². The van der Waals surface area contributed by atoms with Crippen LogP contribution in [0.3, 0.4) is 0 Å². The summed E-state index contributed by atoms with van der Waals surface area (Å²) in [6, 6.07) is 10.9. The molecule has 0 spiro atoms. The minimum Gasteiger partial charge on any atom is -0.497 e. The van der Waals surface area contributed by atoms with Crippen molar-refractivity contribution in [1.82, 2.24) is 14.5 Å². The van der Waals surface area contributed by atoms with Crippen molar-refractivity contribution in [1.29, 1.82) is 0 Å². The number of hydrogen-bond acceptors (Lipinski definition) is 6. The summed E-state index contributed by atoms with van der Waals surface area (Å²) in [6.07, 6.45) is 3.22. The van der Waals surface area contributed by atoms with E-state index in [2.05, 4.69) is 9.97 Å².